The zero-order valence-corrected chi connectivity index (χ0v) is 19.5. The van der Waals surface area contributed by atoms with Crippen molar-refractivity contribution in [3.05, 3.63) is 59.4 Å². The van der Waals surface area contributed by atoms with Gasteiger partial charge in [0.1, 0.15) is 23.2 Å². The van der Waals surface area contributed by atoms with Gasteiger partial charge in [-0.3, -0.25) is 9.59 Å². The Hall–Kier alpha value is -4.32. The lowest BCUT2D eigenvalue weighted by Gasteiger charge is -2.19. The minimum Gasteiger partial charge on any atom is -0.482 e. The number of nitrogens with zero attached hydrogens (tertiary/aromatic N) is 3. The van der Waals surface area contributed by atoms with E-state index in [2.05, 4.69) is 10.1 Å². The van der Waals surface area contributed by atoms with Crippen molar-refractivity contribution in [1.82, 2.24) is 0 Å². The quantitative estimate of drug-likeness (QED) is 0.362. The molecule has 0 aliphatic carbocycles. The molecule has 2 aromatic carbocycles. The second-order valence-corrected chi connectivity index (χ2v) is 7.73. The van der Waals surface area contributed by atoms with E-state index < -0.39 is 11.8 Å². The SMILES string of the molecule is COC(=O)COc1ccc(NC(=O)CCC(=O)C(C#N)=C2N(C)c3ccccc3N2C)c(C)c1. The Kier molecular flexibility index (Phi) is 7.53. The van der Waals surface area contributed by atoms with Crippen LogP contribution in [0.4, 0.5) is 17.1 Å². The molecule has 9 nitrogen and oxygen atoms in total. The number of rotatable bonds is 8. The highest BCUT2D eigenvalue weighted by molar-refractivity contribution is 6.04. The molecule has 1 heterocycles. The number of benzene rings is 2. The van der Waals surface area contributed by atoms with Crippen molar-refractivity contribution in [3.8, 4) is 11.8 Å². The fraction of sp³-hybridized carbons (Fsp3) is 0.280. The number of amides is 1. The Morgan fingerprint density at radius 3 is 2.24 bits per heavy atom. The van der Waals surface area contributed by atoms with Crippen LogP contribution >= 0.6 is 0 Å². The highest BCUT2D eigenvalue weighted by atomic mass is 16.6. The molecule has 0 bridgehead atoms. The van der Waals surface area contributed by atoms with Crippen LogP contribution in [0.1, 0.15) is 18.4 Å². The molecule has 0 radical (unpaired) electrons. The van der Waals surface area contributed by atoms with Gasteiger partial charge in [0.15, 0.2) is 12.4 Å². The van der Waals surface area contributed by atoms with E-state index in [4.69, 9.17) is 4.74 Å². The predicted octanol–water partition coefficient (Wildman–Crippen LogP) is 3.16. The van der Waals surface area contributed by atoms with Crippen molar-refractivity contribution in [2.75, 3.05) is 42.9 Å². The number of carbonyl (C=O) groups excluding carboxylic acids is 3. The van der Waals surface area contributed by atoms with Crippen molar-refractivity contribution in [2.24, 2.45) is 0 Å². The molecule has 34 heavy (non-hydrogen) atoms. The summed E-state index contributed by atoms with van der Waals surface area (Å²) >= 11 is 0. The third-order valence-corrected chi connectivity index (χ3v) is 5.49. The Morgan fingerprint density at radius 1 is 1.03 bits per heavy atom. The van der Waals surface area contributed by atoms with E-state index in [1.165, 1.54) is 7.11 Å². The number of esters is 1. The van der Waals surface area contributed by atoms with Crippen LogP contribution in [-0.4, -0.2) is 45.5 Å². The Balaban J connectivity index is 1.63. The molecule has 0 fully saturated rings. The van der Waals surface area contributed by atoms with Gasteiger partial charge in [0, 0.05) is 32.6 Å². The van der Waals surface area contributed by atoms with Crippen LogP contribution in [0.3, 0.4) is 0 Å². The predicted molar refractivity (Wildman–Crippen MR) is 127 cm³/mol. The maximum absolute atomic E-state index is 12.9. The lowest BCUT2D eigenvalue weighted by molar-refractivity contribution is -0.142. The average molecular weight is 463 g/mol. The van der Waals surface area contributed by atoms with Gasteiger partial charge in [-0.15, -0.1) is 0 Å². The molecule has 0 saturated carbocycles. The number of anilines is 3. The normalized spacial score (nSPS) is 12.0. The second-order valence-electron chi connectivity index (χ2n) is 7.73. The molecular weight excluding hydrogens is 436 g/mol. The third kappa shape index (κ3) is 5.18. The minimum atomic E-state index is -0.495. The van der Waals surface area contributed by atoms with Crippen LogP contribution in [0.2, 0.25) is 0 Å². The van der Waals surface area contributed by atoms with Crippen LogP contribution in [0, 0.1) is 18.3 Å². The lowest BCUT2D eigenvalue weighted by atomic mass is 10.1. The average Bonchev–Trinajstić information content (AvgIpc) is 3.08. The van der Waals surface area contributed by atoms with Crippen LogP contribution in [0.25, 0.3) is 0 Å². The summed E-state index contributed by atoms with van der Waals surface area (Å²) in [6, 6.07) is 14.6. The molecular formula is C25H26N4O5. The smallest absolute Gasteiger partial charge is 0.343 e. The van der Waals surface area contributed by atoms with Crippen LogP contribution in [-0.2, 0) is 19.1 Å². The summed E-state index contributed by atoms with van der Waals surface area (Å²) in [5, 5.41) is 12.5. The molecule has 2 aromatic rings. The van der Waals surface area contributed by atoms with E-state index >= 15 is 0 Å². The number of ether oxygens (including phenoxy) is 2. The fourth-order valence-electron chi connectivity index (χ4n) is 3.69. The molecule has 1 aliphatic heterocycles. The largest absolute Gasteiger partial charge is 0.482 e. The number of Topliss-reactive ketones (excluding diaryl/α,β-unsaturated/α-hetero) is 1. The molecule has 1 amide bonds. The molecule has 0 spiro atoms. The number of hydrogen-bond acceptors (Lipinski definition) is 8. The zero-order chi connectivity index (χ0) is 24.8. The van der Waals surface area contributed by atoms with Crippen LogP contribution in [0.5, 0.6) is 5.75 Å². The Bertz CT molecular complexity index is 1170. The number of nitrogens with one attached hydrogen (secondary N) is 1. The summed E-state index contributed by atoms with van der Waals surface area (Å²) in [5.41, 5.74) is 3.10. The van der Waals surface area contributed by atoms with Crippen molar-refractivity contribution in [1.29, 1.82) is 5.26 Å². The van der Waals surface area contributed by atoms with E-state index in [0.29, 0.717) is 17.3 Å². The molecule has 0 saturated heterocycles. The second kappa shape index (κ2) is 10.5. The molecule has 0 atom stereocenters. The molecule has 3 rings (SSSR count). The standard InChI is InChI=1S/C25H26N4O5/c1-16-13-17(34-15-24(32)33-4)9-10-19(16)27-23(31)12-11-22(30)18(14-26)25-28(2)20-7-5-6-8-21(20)29(25)3/h5-10,13H,11-12,15H2,1-4H3,(H,27,31). The van der Waals surface area contributed by atoms with Gasteiger partial charge < -0.3 is 24.6 Å². The topological polar surface area (TPSA) is 112 Å². The number of methoxy groups -OCH3 is 1. The first-order valence-electron chi connectivity index (χ1n) is 10.6. The molecule has 1 N–H and O–H groups in total. The van der Waals surface area contributed by atoms with Gasteiger partial charge in [-0.1, -0.05) is 12.1 Å². The van der Waals surface area contributed by atoms with Gasteiger partial charge >= 0.3 is 5.97 Å². The van der Waals surface area contributed by atoms with E-state index in [-0.39, 0.29) is 30.9 Å². The van der Waals surface area contributed by atoms with E-state index in [9.17, 15) is 19.6 Å². The van der Waals surface area contributed by atoms with Crippen molar-refractivity contribution in [3.63, 3.8) is 0 Å². The van der Waals surface area contributed by atoms with Crippen molar-refractivity contribution < 1.29 is 23.9 Å². The van der Waals surface area contributed by atoms with Gasteiger partial charge in [-0.25, -0.2) is 4.79 Å². The Labute approximate surface area is 198 Å². The number of hydrogen-bond donors (Lipinski definition) is 1. The number of nitriles is 1. The molecule has 1 aliphatic rings. The molecule has 0 aromatic heterocycles. The van der Waals surface area contributed by atoms with Crippen LogP contribution in [0.15, 0.2) is 53.9 Å². The maximum atomic E-state index is 12.9. The number of carbonyl (C=O) groups is 3. The van der Waals surface area contributed by atoms with Gasteiger partial charge in [-0.2, -0.15) is 5.26 Å². The number of ketones is 1. The molecule has 9 heteroatoms. The van der Waals surface area contributed by atoms with Gasteiger partial charge in [-0.05, 0) is 42.8 Å². The van der Waals surface area contributed by atoms with Crippen LogP contribution < -0.4 is 19.9 Å². The lowest BCUT2D eigenvalue weighted by Crippen LogP contribution is -2.26. The van der Waals surface area contributed by atoms with Gasteiger partial charge in [0.25, 0.3) is 0 Å². The summed E-state index contributed by atoms with van der Waals surface area (Å²) in [4.78, 5) is 40.1. The highest BCUT2D eigenvalue weighted by Gasteiger charge is 2.31. The van der Waals surface area contributed by atoms with Gasteiger partial charge in [0.2, 0.25) is 5.91 Å². The van der Waals surface area contributed by atoms with Gasteiger partial charge in [0.05, 0.1) is 18.5 Å². The maximum Gasteiger partial charge on any atom is 0.343 e. The number of allylic oxidation sites excluding steroid dienone is 1. The number of fused-ring (bicyclic) bond motifs is 1. The first-order chi connectivity index (χ1) is 16.3. The third-order valence-electron chi connectivity index (χ3n) is 5.49. The zero-order valence-electron chi connectivity index (χ0n) is 19.5. The summed E-state index contributed by atoms with van der Waals surface area (Å²) in [7, 11) is 4.88. The monoisotopic (exact) mass is 462 g/mol. The Morgan fingerprint density at radius 2 is 1.68 bits per heavy atom. The number of para-hydroxylation sites is 2. The summed E-state index contributed by atoms with van der Waals surface area (Å²) in [6.45, 7) is 1.57. The molecule has 176 valence electrons. The van der Waals surface area contributed by atoms with E-state index in [1.807, 2.05) is 30.3 Å². The summed E-state index contributed by atoms with van der Waals surface area (Å²) in [6.07, 6.45) is -0.173. The first kappa shape index (κ1) is 24.3. The van der Waals surface area contributed by atoms with E-state index in [1.54, 1.807) is 49.0 Å². The summed E-state index contributed by atoms with van der Waals surface area (Å²) < 4.78 is 9.86. The van der Waals surface area contributed by atoms with Crippen molar-refractivity contribution >= 4 is 34.7 Å². The summed E-state index contributed by atoms with van der Waals surface area (Å²) in [5.74, 6) is -0.286. The highest BCUT2D eigenvalue weighted by Crippen LogP contribution is 2.40. The minimum absolute atomic E-state index is 0.0114. The van der Waals surface area contributed by atoms with Crippen molar-refractivity contribution in [2.45, 2.75) is 19.8 Å². The first-order valence-corrected chi connectivity index (χ1v) is 10.6. The fourth-order valence-corrected chi connectivity index (χ4v) is 3.69. The van der Waals surface area contributed by atoms with E-state index in [0.717, 1.165) is 16.9 Å². The molecule has 0 unspecified atom stereocenters. The number of aryl methyl sites for hydroxylation is 1.